The Balaban J connectivity index is 2.51. The third-order valence-corrected chi connectivity index (χ3v) is 1.78. The number of aliphatic carboxylic acids is 2. The van der Waals surface area contributed by atoms with Crippen molar-refractivity contribution in [1.29, 1.82) is 0 Å². The van der Waals surface area contributed by atoms with E-state index >= 15 is 0 Å². The molecule has 1 rings (SSSR count). The minimum Gasteiger partial charge on any atom is -0.480 e. The Kier molecular flexibility index (Phi) is 3.81. The fourth-order valence-corrected chi connectivity index (χ4v) is 1.07. The van der Waals surface area contributed by atoms with Gasteiger partial charge in [0.15, 0.2) is 0 Å². The fourth-order valence-electron chi connectivity index (χ4n) is 1.07. The van der Waals surface area contributed by atoms with E-state index in [0.29, 0.717) is 5.69 Å². The van der Waals surface area contributed by atoms with Crippen molar-refractivity contribution in [2.24, 2.45) is 0 Å². The van der Waals surface area contributed by atoms with Crippen LogP contribution in [-0.2, 0) is 16.0 Å². The molecule has 7 heteroatoms. The van der Waals surface area contributed by atoms with Crippen LogP contribution in [0.5, 0.6) is 0 Å². The van der Waals surface area contributed by atoms with E-state index in [2.05, 4.69) is 15.3 Å². The molecule has 0 saturated heterocycles. The average Bonchev–Trinajstić information content (AvgIpc) is 2.63. The van der Waals surface area contributed by atoms with Gasteiger partial charge in [0.25, 0.3) is 0 Å². The average molecular weight is 213 g/mol. The second-order valence-electron chi connectivity index (χ2n) is 2.95. The molecule has 0 radical (unpaired) electrons. The molecule has 82 valence electrons. The number of carboxylic acids is 2. The zero-order chi connectivity index (χ0) is 11.3. The van der Waals surface area contributed by atoms with Crippen LogP contribution in [0.1, 0.15) is 5.69 Å². The third kappa shape index (κ3) is 3.77. The van der Waals surface area contributed by atoms with E-state index in [0.717, 1.165) is 0 Å². The summed E-state index contributed by atoms with van der Waals surface area (Å²) >= 11 is 0. The fraction of sp³-hybridized carbons (Fsp3) is 0.375. The molecule has 0 aromatic carbocycles. The highest BCUT2D eigenvalue weighted by molar-refractivity contribution is 5.75. The maximum atomic E-state index is 10.7. The Hall–Kier alpha value is -1.89. The lowest BCUT2D eigenvalue weighted by Crippen LogP contribution is -2.41. The molecule has 0 aliphatic rings. The number of hydrogen-bond donors (Lipinski definition) is 4. The maximum Gasteiger partial charge on any atom is 0.321 e. The van der Waals surface area contributed by atoms with Gasteiger partial charge in [-0.25, -0.2) is 4.98 Å². The summed E-state index contributed by atoms with van der Waals surface area (Å²) < 4.78 is 0. The third-order valence-electron chi connectivity index (χ3n) is 1.78. The van der Waals surface area contributed by atoms with Gasteiger partial charge >= 0.3 is 11.9 Å². The standard InChI is InChI=1S/C8H11N3O4/c12-7(13)3-10-6(8(14)15)1-5-2-9-4-11-5/h2,4,6,10H,1,3H2,(H,9,11)(H,12,13)(H,14,15)/t6-/m0/s1. The number of aromatic nitrogens is 2. The monoisotopic (exact) mass is 213 g/mol. The maximum absolute atomic E-state index is 10.7. The lowest BCUT2D eigenvalue weighted by atomic mass is 10.1. The number of carboxylic acid groups (broad SMARTS) is 2. The van der Waals surface area contributed by atoms with Gasteiger partial charge in [0.1, 0.15) is 6.04 Å². The van der Waals surface area contributed by atoms with E-state index in [1.165, 1.54) is 12.5 Å². The first-order valence-corrected chi connectivity index (χ1v) is 4.25. The molecule has 0 saturated carbocycles. The molecule has 0 aliphatic carbocycles. The number of nitrogens with one attached hydrogen (secondary N) is 2. The van der Waals surface area contributed by atoms with E-state index in [-0.39, 0.29) is 13.0 Å². The minimum atomic E-state index is -1.09. The minimum absolute atomic E-state index is 0.169. The van der Waals surface area contributed by atoms with Crippen molar-refractivity contribution in [2.45, 2.75) is 12.5 Å². The molecule has 0 aliphatic heterocycles. The van der Waals surface area contributed by atoms with E-state index in [1.54, 1.807) is 0 Å². The normalized spacial score (nSPS) is 12.3. The lowest BCUT2D eigenvalue weighted by molar-refractivity contribution is -0.140. The summed E-state index contributed by atoms with van der Waals surface area (Å²) in [5.41, 5.74) is 0.639. The van der Waals surface area contributed by atoms with E-state index < -0.39 is 18.0 Å². The van der Waals surface area contributed by atoms with Crippen molar-refractivity contribution in [2.75, 3.05) is 6.54 Å². The Morgan fingerprint density at radius 3 is 2.73 bits per heavy atom. The lowest BCUT2D eigenvalue weighted by Gasteiger charge is -2.11. The van der Waals surface area contributed by atoms with Gasteiger partial charge in [-0.1, -0.05) is 0 Å². The van der Waals surface area contributed by atoms with Crippen molar-refractivity contribution >= 4 is 11.9 Å². The molecular weight excluding hydrogens is 202 g/mol. The van der Waals surface area contributed by atoms with Crippen LogP contribution in [0.3, 0.4) is 0 Å². The Morgan fingerprint density at radius 1 is 1.53 bits per heavy atom. The second-order valence-corrected chi connectivity index (χ2v) is 2.95. The van der Waals surface area contributed by atoms with E-state index in [4.69, 9.17) is 10.2 Å². The first kappa shape index (κ1) is 11.2. The summed E-state index contributed by atoms with van der Waals surface area (Å²) in [7, 11) is 0. The zero-order valence-corrected chi connectivity index (χ0v) is 7.80. The van der Waals surface area contributed by atoms with Crippen LogP contribution in [-0.4, -0.2) is 44.7 Å². The Labute approximate surface area is 85.1 Å². The van der Waals surface area contributed by atoms with E-state index in [9.17, 15) is 9.59 Å². The van der Waals surface area contributed by atoms with Crippen LogP contribution in [0, 0.1) is 0 Å². The number of H-pyrrole nitrogens is 1. The van der Waals surface area contributed by atoms with Crippen LogP contribution in [0.4, 0.5) is 0 Å². The van der Waals surface area contributed by atoms with Gasteiger partial charge < -0.3 is 15.2 Å². The van der Waals surface area contributed by atoms with Crippen molar-refractivity contribution in [3.63, 3.8) is 0 Å². The molecule has 15 heavy (non-hydrogen) atoms. The van der Waals surface area contributed by atoms with Gasteiger partial charge in [-0.2, -0.15) is 0 Å². The molecule has 0 spiro atoms. The molecule has 7 nitrogen and oxygen atoms in total. The van der Waals surface area contributed by atoms with Gasteiger partial charge in [0, 0.05) is 18.3 Å². The van der Waals surface area contributed by atoms with Crippen LogP contribution in [0.2, 0.25) is 0 Å². The number of nitrogens with zero attached hydrogens (tertiary/aromatic N) is 1. The topological polar surface area (TPSA) is 115 Å². The molecule has 0 bridgehead atoms. The number of carbonyl (C=O) groups is 2. The van der Waals surface area contributed by atoms with Crippen LogP contribution >= 0.6 is 0 Å². The highest BCUT2D eigenvalue weighted by atomic mass is 16.4. The zero-order valence-electron chi connectivity index (χ0n) is 7.80. The summed E-state index contributed by atoms with van der Waals surface area (Å²) in [6.07, 6.45) is 3.10. The summed E-state index contributed by atoms with van der Waals surface area (Å²) in [5.74, 6) is -2.18. The van der Waals surface area contributed by atoms with E-state index in [1.807, 2.05) is 0 Å². The van der Waals surface area contributed by atoms with Crippen LogP contribution in [0.25, 0.3) is 0 Å². The quantitative estimate of drug-likeness (QED) is 0.485. The van der Waals surface area contributed by atoms with Crippen LogP contribution < -0.4 is 5.32 Å². The smallest absolute Gasteiger partial charge is 0.321 e. The summed E-state index contributed by atoms with van der Waals surface area (Å²) in [4.78, 5) is 27.5. The predicted molar refractivity (Wildman–Crippen MR) is 49.4 cm³/mol. The molecule has 1 aromatic heterocycles. The highest BCUT2D eigenvalue weighted by Crippen LogP contribution is 1.98. The highest BCUT2D eigenvalue weighted by Gasteiger charge is 2.18. The van der Waals surface area contributed by atoms with Gasteiger partial charge in [0.05, 0.1) is 12.9 Å². The largest absolute Gasteiger partial charge is 0.480 e. The summed E-state index contributed by atoms with van der Waals surface area (Å²) in [5, 5.41) is 19.6. The van der Waals surface area contributed by atoms with Crippen molar-refractivity contribution in [1.82, 2.24) is 15.3 Å². The molecule has 4 N–H and O–H groups in total. The summed E-state index contributed by atoms with van der Waals surface area (Å²) in [6, 6.07) is -0.929. The van der Waals surface area contributed by atoms with Gasteiger partial charge in [-0.3, -0.25) is 14.9 Å². The Bertz CT molecular complexity index is 336. The molecule has 1 heterocycles. The first-order chi connectivity index (χ1) is 7.09. The van der Waals surface area contributed by atoms with Crippen molar-refractivity contribution in [3.8, 4) is 0 Å². The van der Waals surface area contributed by atoms with Gasteiger partial charge in [-0.15, -0.1) is 0 Å². The van der Waals surface area contributed by atoms with Crippen molar-refractivity contribution in [3.05, 3.63) is 18.2 Å². The molecule has 0 fully saturated rings. The number of imidazole rings is 1. The van der Waals surface area contributed by atoms with Crippen LogP contribution in [0.15, 0.2) is 12.5 Å². The molecule has 1 aromatic rings. The molecular formula is C8H11N3O4. The molecule has 1 atom stereocenters. The number of rotatable bonds is 6. The van der Waals surface area contributed by atoms with Gasteiger partial charge in [0.2, 0.25) is 0 Å². The second kappa shape index (κ2) is 5.11. The summed E-state index contributed by atoms with van der Waals surface area (Å²) in [6.45, 7) is -0.384. The molecule has 0 unspecified atom stereocenters. The van der Waals surface area contributed by atoms with Gasteiger partial charge in [-0.05, 0) is 0 Å². The predicted octanol–water partition coefficient (Wildman–Crippen LogP) is -0.920. The number of aromatic amines is 1. The first-order valence-electron chi connectivity index (χ1n) is 4.25. The van der Waals surface area contributed by atoms with Crippen molar-refractivity contribution < 1.29 is 19.8 Å². The molecule has 0 amide bonds. The Morgan fingerprint density at radius 2 is 2.27 bits per heavy atom. The SMILES string of the molecule is O=C(O)CN[C@@H](Cc1cnc[nH]1)C(=O)O. The number of hydrogen-bond acceptors (Lipinski definition) is 4.